The van der Waals surface area contributed by atoms with Crippen LogP contribution in [0, 0.1) is 18.8 Å². The molecule has 0 saturated heterocycles. The van der Waals surface area contributed by atoms with Gasteiger partial charge in [0.2, 0.25) is 11.8 Å². The monoisotopic (exact) mass is 335 g/mol. The molecule has 1 fully saturated rings. The molecule has 0 spiro atoms. The maximum absolute atomic E-state index is 12.4. The van der Waals surface area contributed by atoms with E-state index in [1.54, 1.807) is 6.26 Å². The minimum atomic E-state index is 0. The number of aryl methyl sites for hydroxylation is 1. The molecule has 3 N–H and O–H groups in total. The highest BCUT2D eigenvalue weighted by Crippen LogP contribution is 2.32. The fourth-order valence-electron chi connectivity index (χ4n) is 3.12. The number of aromatic nitrogens is 1. The van der Waals surface area contributed by atoms with Crippen LogP contribution in [0.15, 0.2) is 34.9 Å². The molecule has 0 unspecified atom stereocenters. The molecule has 0 radical (unpaired) electrons. The number of amides is 1. The van der Waals surface area contributed by atoms with Gasteiger partial charge in [-0.2, -0.15) is 0 Å². The number of nitrogens with zero attached hydrogens (tertiary/aromatic N) is 1. The molecule has 1 aromatic heterocycles. The van der Waals surface area contributed by atoms with Gasteiger partial charge >= 0.3 is 0 Å². The number of halogens is 1. The molecule has 3 rings (SSSR count). The van der Waals surface area contributed by atoms with Gasteiger partial charge in [0.15, 0.2) is 0 Å². The third-order valence-corrected chi connectivity index (χ3v) is 4.29. The molecular weight excluding hydrogens is 314 g/mol. The van der Waals surface area contributed by atoms with Crippen molar-refractivity contribution in [3.63, 3.8) is 0 Å². The van der Waals surface area contributed by atoms with Gasteiger partial charge in [-0.15, -0.1) is 12.4 Å². The Balaban J connectivity index is 0.00000192. The zero-order valence-corrected chi connectivity index (χ0v) is 13.9. The Morgan fingerprint density at radius 3 is 2.96 bits per heavy atom. The van der Waals surface area contributed by atoms with E-state index in [1.807, 2.05) is 31.2 Å². The maximum atomic E-state index is 12.4. The van der Waals surface area contributed by atoms with Gasteiger partial charge in [0.1, 0.15) is 6.26 Å². The fraction of sp³-hybridized carbons (Fsp3) is 0.412. The van der Waals surface area contributed by atoms with E-state index in [1.165, 1.54) is 0 Å². The molecule has 1 saturated carbocycles. The minimum Gasteiger partial charge on any atom is -0.444 e. The number of oxazole rings is 1. The highest BCUT2D eigenvalue weighted by Gasteiger charge is 2.31. The molecule has 2 atom stereocenters. The average molecular weight is 336 g/mol. The topological polar surface area (TPSA) is 81.2 Å². The van der Waals surface area contributed by atoms with Crippen LogP contribution in [0.2, 0.25) is 0 Å². The van der Waals surface area contributed by atoms with Gasteiger partial charge in [0.25, 0.3) is 0 Å². The predicted octanol–water partition coefficient (Wildman–Crippen LogP) is 3.39. The minimum absolute atomic E-state index is 0. The third kappa shape index (κ3) is 3.92. The Bertz CT molecular complexity index is 671. The molecule has 0 bridgehead atoms. The summed E-state index contributed by atoms with van der Waals surface area (Å²) in [4.78, 5) is 16.7. The average Bonchev–Trinajstić information content (AvgIpc) is 3.16. The summed E-state index contributed by atoms with van der Waals surface area (Å²) in [6.45, 7) is 2.46. The Kier molecular flexibility index (Phi) is 5.80. The molecule has 2 aromatic rings. The van der Waals surface area contributed by atoms with E-state index < -0.39 is 0 Å². The predicted molar refractivity (Wildman–Crippen MR) is 92.4 cm³/mol. The first-order valence-electron chi connectivity index (χ1n) is 7.71. The van der Waals surface area contributed by atoms with E-state index in [9.17, 15) is 4.79 Å². The molecule has 1 aromatic carbocycles. The van der Waals surface area contributed by atoms with Crippen molar-refractivity contribution >= 4 is 24.0 Å². The number of hydrogen-bond acceptors (Lipinski definition) is 4. The van der Waals surface area contributed by atoms with Gasteiger partial charge in [0.05, 0.1) is 5.69 Å². The van der Waals surface area contributed by atoms with Crippen LogP contribution in [0.25, 0.3) is 11.5 Å². The molecule has 1 amide bonds. The number of carbonyl (C=O) groups excluding carboxylic acids is 1. The van der Waals surface area contributed by atoms with Crippen LogP contribution in [-0.2, 0) is 4.79 Å². The Morgan fingerprint density at radius 1 is 1.43 bits per heavy atom. The number of hydrogen-bond donors (Lipinski definition) is 2. The van der Waals surface area contributed by atoms with E-state index in [0.29, 0.717) is 18.4 Å². The number of rotatable bonds is 4. The summed E-state index contributed by atoms with van der Waals surface area (Å²) < 4.78 is 5.40. The zero-order chi connectivity index (χ0) is 15.5. The molecular formula is C17H22ClN3O2. The second-order valence-electron chi connectivity index (χ2n) is 5.90. The quantitative estimate of drug-likeness (QED) is 0.897. The lowest BCUT2D eigenvalue weighted by Gasteiger charge is -2.17. The molecule has 5 nitrogen and oxygen atoms in total. The van der Waals surface area contributed by atoms with E-state index in [0.717, 1.165) is 36.2 Å². The summed E-state index contributed by atoms with van der Waals surface area (Å²) in [5, 5.41) is 3.00. The molecule has 124 valence electrons. The first-order chi connectivity index (χ1) is 10.7. The van der Waals surface area contributed by atoms with E-state index in [-0.39, 0.29) is 24.2 Å². The Hall–Kier alpha value is -1.85. The zero-order valence-electron chi connectivity index (χ0n) is 13.1. The molecule has 1 aliphatic carbocycles. The van der Waals surface area contributed by atoms with Crippen molar-refractivity contribution in [2.45, 2.75) is 26.2 Å². The highest BCUT2D eigenvalue weighted by atomic mass is 35.5. The van der Waals surface area contributed by atoms with Crippen LogP contribution in [0.4, 0.5) is 5.69 Å². The van der Waals surface area contributed by atoms with Gasteiger partial charge < -0.3 is 15.5 Å². The van der Waals surface area contributed by atoms with Crippen molar-refractivity contribution in [1.29, 1.82) is 0 Å². The van der Waals surface area contributed by atoms with Gasteiger partial charge in [-0.3, -0.25) is 4.79 Å². The standard InChI is InChI=1S/C17H21N3O2.ClH/c1-11-10-22-17(19-11)12-4-2-6-14(8-12)20-16(21)15-7-3-5-13(15)9-18;/h2,4,6,8,10,13,15H,3,5,7,9,18H2,1H3,(H,20,21);1H/t13-,15-;/m1./s1. The van der Waals surface area contributed by atoms with E-state index in [4.69, 9.17) is 10.2 Å². The molecule has 1 aliphatic rings. The largest absolute Gasteiger partial charge is 0.444 e. The van der Waals surface area contributed by atoms with Crippen molar-refractivity contribution in [2.24, 2.45) is 17.6 Å². The number of carbonyl (C=O) groups is 1. The van der Waals surface area contributed by atoms with Crippen LogP contribution in [0.1, 0.15) is 25.0 Å². The SMILES string of the molecule is Cc1coc(-c2cccc(NC(=O)[C@@H]3CCC[C@@H]3CN)c2)n1.Cl. The lowest BCUT2D eigenvalue weighted by molar-refractivity contribution is -0.120. The molecule has 6 heteroatoms. The number of nitrogens with one attached hydrogen (secondary N) is 1. The van der Waals surface area contributed by atoms with Crippen LogP contribution in [-0.4, -0.2) is 17.4 Å². The lowest BCUT2D eigenvalue weighted by atomic mass is 9.95. The Morgan fingerprint density at radius 2 is 2.26 bits per heavy atom. The van der Waals surface area contributed by atoms with E-state index >= 15 is 0 Å². The van der Waals surface area contributed by atoms with Crippen molar-refractivity contribution in [1.82, 2.24) is 4.98 Å². The third-order valence-electron chi connectivity index (χ3n) is 4.29. The smallest absolute Gasteiger partial charge is 0.227 e. The molecule has 1 heterocycles. The fourth-order valence-corrected chi connectivity index (χ4v) is 3.12. The van der Waals surface area contributed by atoms with Crippen molar-refractivity contribution in [2.75, 3.05) is 11.9 Å². The van der Waals surface area contributed by atoms with Crippen LogP contribution in [0.5, 0.6) is 0 Å². The van der Waals surface area contributed by atoms with E-state index in [2.05, 4.69) is 10.3 Å². The second-order valence-corrected chi connectivity index (χ2v) is 5.90. The first-order valence-corrected chi connectivity index (χ1v) is 7.71. The summed E-state index contributed by atoms with van der Waals surface area (Å²) in [5.74, 6) is 0.957. The second kappa shape index (κ2) is 7.62. The number of nitrogens with two attached hydrogens (primary N) is 1. The lowest BCUT2D eigenvalue weighted by Crippen LogP contribution is -2.29. The normalized spacial score (nSPS) is 20.1. The van der Waals surface area contributed by atoms with Gasteiger partial charge in [-0.05, 0) is 50.4 Å². The first kappa shape index (κ1) is 17.5. The highest BCUT2D eigenvalue weighted by molar-refractivity contribution is 5.93. The van der Waals surface area contributed by atoms with Crippen molar-refractivity contribution in [3.8, 4) is 11.5 Å². The summed E-state index contributed by atoms with van der Waals surface area (Å²) in [7, 11) is 0. The van der Waals surface area contributed by atoms with Gasteiger partial charge in [0, 0.05) is 17.2 Å². The summed E-state index contributed by atoms with van der Waals surface area (Å²) in [5.41, 5.74) is 8.21. The summed E-state index contributed by atoms with van der Waals surface area (Å²) >= 11 is 0. The van der Waals surface area contributed by atoms with Gasteiger partial charge in [-0.1, -0.05) is 12.5 Å². The molecule has 0 aliphatic heterocycles. The van der Waals surface area contributed by atoms with Crippen LogP contribution >= 0.6 is 12.4 Å². The summed E-state index contributed by atoms with van der Waals surface area (Å²) in [6.07, 6.45) is 4.66. The Labute approximate surface area is 142 Å². The summed E-state index contributed by atoms with van der Waals surface area (Å²) in [6, 6.07) is 7.57. The van der Waals surface area contributed by atoms with Crippen LogP contribution < -0.4 is 11.1 Å². The number of anilines is 1. The van der Waals surface area contributed by atoms with Crippen molar-refractivity contribution < 1.29 is 9.21 Å². The van der Waals surface area contributed by atoms with Gasteiger partial charge in [-0.25, -0.2) is 4.98 Å². The maximum Gasteiger partial charge on any atom is 0.227 e. The molecule has 23 heavy (non-hydrogen) atoms. The number of benzene rings is 1. The van der Waals surface area contributed by atoms with Crippen LogP contribution in [0.3, 0.4) is 0 Å². The van der Waals surface area contributed by atoms with Crippen molar-refractivity contribution in [3.05, 3.63) is 36.2 Å².